The standard InChI is InChI=1S/C17H17Cl2NO/c1-3-11-6-5-7-12(4-2)16(11)20-10-13-8-14(18)9-15(19)17(13)21/h5-10,21H,3-4H2,1-2H3. The third-order valence-corrected chi connectivity index (χ3v) is 3.86. The SMILES string of the molecule is CCc1cccc(CC)c1N=Cc1cc(Cl)cc(Cl)c1O. The maximum Gasteiger partial charge on any atom is 0.143 e. The van der Waals surface area contributed by atoms with Gasteiger partial charge in [0.1, 0.15) is 5.75 Å². The van der Waals surface area contributed by atoms with E-state index in [9.17, 15) is 5.11 Å². The molecule has 2 nitrogen and oxygen atoms in total. The molecule has 0 spiro atoms. The van der Waals surface area contributed by atoms with Crippen LogP contribution in [0.3, 0.4) is 0 Å². The predicted octanol–water partition coefficient (Wildman–Crippen LogP) is 5.57. The number of aryl methyl sites for hydroxylation is 2. The zero-order valence-electron chi connectivity index (χ0n) is 12.0. The zero-order chi connectivity index (χ0) is 15.4. The third-order valence-electron chi connectivity index (χ3n) is 3.36. The van der Waals surface area contributed by atoms with Crippen molar-refractivity contribution in [2.24, 2.45) is 4.99 Å². The second kappa shape index (κ2) is 6.97. The number of phenolic OH excluding ortho intramolecular Hbond substituents is 1. The molecule has 0 aliphatic carbocycles. The van der Waals surface area contributed by atoms with Crippen LogP contribution in [0.15, 0.2) is 35.3 Å². The molecule has 21 heavy (non-hydrogen) atoms. The third kappa shape index (κ3) is 3.58. The predicted molar refractivity (Wildman–Crippen MR) is 90.6 cm³/mol. The first-order valence-corrected chi connectivity index (χ1v) is 7.65. The van der Waals surface area contributed by atoms with Gasteiger partial charge in [-0.1, -0.05) is 55.2 Å². The number of aromatic hydroxyl groups is 1. The van der Waals surface area contributed by atoms with E-state index in [4.69, 9.17) is 23.2 Å². The summed E-state index contributed by atoms with van der Waals surface area (Å²) in [5.74, 6) is -0.00292. The summed E-state index contributed by atoms with van der Waals surface area (Å²) >= 11 is 11.9. The largest absolute Gasteiger partial charge is 0.506 e. The number of hydrogen-bond acceptors (Lipinski definition) is 2. The Bertz CT molecular complexity index is 658. The van der Waals surface area contributed by atoms with Crippen molar-refractivity contribution in [2.75, 3.05) is 0 Å². The second-order valence-corrected chi connectivity index (χ2v) is 5.56. The molecule has 2 rings (SSSR count). The van der Waals surface area contributed by atoms with Gasteiger partial charge >= 0.3 is 0 Å². The van der Waals surface area contributed by atoms with Crippen LogP contribution in [0.4, 0.5) is 5.69 Å². The van der Waals surface area contributed by atoms with Crippen molar-refractivity contribution >= 4 is 35.1 Å². The van der Waals surface area contributed by atoms with Gasteiger partial charge in [0.05, 0.1) is 10.7 Å². The molecule has 110 valence electrons. The van der Waals surface area contributed by atoms with Crippen molar-refractivity contribution < 1.29 is 5.11 Å². The number of benzene rings is 2. The first kappa shape index (κ1) is 15.9. The van der Waals surface area contributed by atoms with Gasteiger partial charge in [-0.25, -0.2) is 0 Å². The molecule has 2 aromatic carbocycles. The number of rotatable bonds is 4. The molecule has 0 aromatic heterocycles. The van der Waals surface area contributed by atoms with Crippen molar-refractivity contribution in [1.29, 1.82) is 0 Å². The van der Waals surface area contributed by atoms with Crippen LogP contribution in [-0.4, -0.2) is 11.3 Å². The van der Waals surface area contributed by atoms with Crippen molar-refractivity contribution in [1.82, 2.24) is 0 Å². The monoisotopic (exact) mass is 321 g/mol. The van der Waals surface area contributed by atoms with E-state index in [2.05, 4.69) is 31.0 Å². The van der Waals surface area contributed by atoms with Crippen molar-refractivity contribution in [3.05, 3.63) is 57.1 Å². The molecule has 0 fully saturated rings. The number of halogens is 2. The first-order valence-electron chi connectivity index (χ1n) is 6.89. The van der Waals surface area contributed by atoms with E-state index in [1.54, 1.807) is 12.3 Å². The lowest BCUT2D eigenvalue weighted by atomic mass is 10.0. The summed E-state index contributed by atoms with van der Waals surface area (Å²) in [5, 5.41) is 10.7. The van der Waals surface area contributed by atoms with Gasteiger partial charge < -0.3 is 5.11 Å². The fourth-order valence-electron chi connectivity index (χ4n) is 2.20. The Balaban J connectivity index is 2.47. The fourth-order valence-corrected chi connectivity index (χ4v) is 2.71. The minimum Gasteiger partial charge on any atom is -0.506 e. The summed E-state index contributed by atoms with van der Waals surface area (Å²) in [6, 6.07) is 9.33. The Morgan fingerprint density at radius 1 is 1.10 bits per heavy atom. The summed E-state index contributed by atoms with van der Waals surface area (Å²) < 4.78 is 0. The summed E-state index contributed by atoms with van der Waals surface area (Å²) in [7, 11) is 0. The van der Waals surface area contributed by atoms with Crippen LogP contribution < -0.4 is 0 Å². The van der Waals surface area contributed by atoms with Crippen LogP contribution in [0.25, 0.3) is 0 Å². The highest BCUT2D eigenvalue weighted by atomic mass is 35.5. The summed E-state index contributed by atoms with van der Waals surface area (Å²) in [5.41, 5.74) is 3.83. The highest BCUT2D eigenvalue weighted by molar-refractivity contribution is 6.36. The van der Waals surface area contributed by atoms with Crippen LogP contribution in [0.5, 0.6) is 5.75 Å². The van der Waals surface area contributed by atoms with Crippen LogP contribution >= 0.6 is 23.2 Å². The summed E-state index contributed by atoms with van der Waals surface area (Å²) in [6.45, 7) is 4.20. The Hall–Kier alpha value is -1.51. The minimum absolute atomic E-state index is 0.00292. The molecule has 0 saturated carbocycles. The number of hydrogen-bond donors (Lipinski definition) is 1. The summed E-state index contributed by atoms with van der Waals surface area (Å²) in [4.78, 5) is 4.56. The van der Waals surface area contributed by atoms with E-state index in [0.717, 1.165) is 18.5 Å². The van der Waals surface area contributed by atoms with Crippen LogP contribution in [0.2, 0.25) is 10.0 Å². The summed E-state index contributed by atoms with van der Waals surface area (Å²) in [6.07, 6.45) is 3.42. The number of nitrogens with zero attached hydrogens (tertiary/aromatic N) is 1. The Morgan fingerprint density at radius 3 is 2.29 bits per heavy atom. The molecule has 0 saturated heterocycles. The molecular weight excluding hydrogens is 305 g/mol. The number of phenols is 1. The van der Waals surface area contributed by atoms with Crippen LogP contribution in [-0.2, 0) is 12.8 Å². The molecule has 2 aromatic rings. The van der Waals surface area contributed by atoms with Gasteiger partial charge in [-0.05, 0) is 36.1 Å². The molecule has 0 atom stereocenters. The van der Waals surface area contributed by atoms with Gasteiger partial charge in [0.15, 0.2) is 0 Å². The average Bonchev–Trinajstić information content (AvgIpc) is 2.48. The Labute approximate surface area is 135 Å². The smallest absolute Gasteiger partial charge is 0.143 e. The zero-order valence-corrected chi connectivity index (χ0v) is 13.5. The van der Waals surface area contributed by atoms with Gasteiger partial charge in [0.2, 0.25) is 0 Å². The maximum atomic E-state index is 9.97. The molecule has 1 N–H and O–H groups in total. The lowest BCUT2D eigenvalue weighted by molar-refractivity contribution is 0.475. The topological polar surface area (TPSA) is 32.6 Å². The molecule has 0 aliphatic rings. The fraction of sp³-hybridized carbons (Fsp3) is 0.235. The second-order valence-electron chi connectivity index (χ2n) is 4.72. The molecule has 4 heteroatoms. The normalized spacial score (nSPS) is 11.2. The van der Waals surface area contributed by atoms with Gasteiger partial charge in [0.25, 0.3) is 0 Å². The van der Waals surface area contributed by atoms with E-state index in [1.807, 2.05) is 6.07 Å². The van der Waals surface area contributed by atoms with Crippen molar-refractivity contribution in [3.8, 4) is 5.75 Å². The van der Waals surface area contributed by atoms with E-state index >= 15 is 0 Å². The molecule has 0 unspecified atom stereocenters. The number of para-hydroxylation sites is 1. The molecule has 0 amide bonds. The Morgan fingerprint density at radius 2 is 1.71 bits per heavy atom. The molecule has 0 heterocycles. The highest BCUT2D eigenvalue weighted by Gasteiger charge is 2.08. The molecule has 0 aliphatic heterocycles. The first-order chi connectivity index (χ1) is 10.1. The van der Waals surface area contributed by atoms with E-state index in [-0.39, 0.29) is 10.8 Å². The van der Waals surface area contributed by atoms with Gasteiger partial charge in [-0.15, -0.1) is 0 Å². The molecule has 0 radical (unpaired) electrons. The van der Waals surface area contributed by atoms with E-state index in [1.165, 1.54) is 17.2 Å². The van der Waals surface area contributed by atoms with Gasteiger partial charge in [-0.2, -0.15) is 0 Å². The van der Waals surface area contributed by atoms with Crippen LogP contribution in [0, 0.1) is 0 Å². The van der Waals surface area contributed by atoms with Gasteiger partial charge in [0, 0.05) is 16.8 Å². The molecular formula is C17H17Cl2NO. The van der Waals surface area contributed by atoms with Crippen LogP contribution in [0.1, 0.15) is 30.5 Å². The Kier molecular flexibility index (Phi) is 5.27. The maximum absolute atomic E-state index is 9.97. The lowest BCUT2D eigenvalue weighted by Crippen LogP contribution is -1.90. The van der Waals surface area contributed by atoms with E-state index in [0.29, 0.717) is 10.6 Å². The van der Waals surface area contributed by atoms with Crippen molar-refractivity contribution in [3.63, 3.8) is 0 Å². The number of aliphatic imine (C=N–C) groups is 1. The molecule has 0 bridgehead atoms. The minimum atomic E-state index is -0.00292. The highest BCUT2D eigenvalue weighted by Crippen LogP contribution is 2.31. The van der Waals surface area contributed by atoms with E-state index < -0.39 is 0 Å². The lowest BCUT2D eigenvalue weighted by Gasteiger charge is -2.09. The average molecular weight is 322 g/mol. The van der Waals surface area contributed by atoms with Gasteiger partial charge in [-0.3, -0.25) is 4.99 Å². The van der Waals surface area contributed by atoms with Crippen molar-refractivity contribution in [2.45, 2.75) is 26.7 Å². The quantitative estimate of drug-likeness (QED) is 0.733.